The maximum atomic E-state index is 11.8. The van der Waals surface area contributed by atoms with Gasteiger partial charge in [-0.1, -0.05) is 15.9 Å². The number of carboxylic acid groups (broad SMARTS) is 1. The monoisotopic (exact) mass is 369 g/mol. The van der Waals surface area contributed by atoms with Gasteiger partial charge >= 0.3 is 5.97 Å². The van der Waals surface area contributed by atoms with Crippen LogP contribution in [0.25, 0.3) is 0 Å². The van der Waals surface area contributed by atoms with Crippen molar-refractivity contribution in [3.8, 4) is 5.75 Å². The maximum Gasteiger partial charge on any atom is 0.349 e. The fourth-order valence-corrected chi connectivity index (χ4v) is 2.68. The van der Waals surface area contributed by atoms with Crippen LogP contribution in [0.3, 0.4) is 0 Å². The van der Waals surface area contributed by atoms with Crippen LogP contribution in [0.1, 0.15) is 14.5 Å². The van der Waals surface area contributed by atoms with E-state index < -0.39 is 5.97 Å². The number of thiophene rings is 1. The van der Waals surface area contributed by atoms with Crippen molar-refractivity contribution in [2.45, 2.75) is 6.92 Å². The smallest absolute Gasteiger partial charge is 0.349 e. The highest BCUT2D eigenvalue weighted by molar-refractivity contribution is 9.10. The highest BCUT2D eigenvalue weighted by Crippen LogP contribution is 2.28. The van der Waals surface area contributed by atoms with Gasteiger partial charge in [-0.05, 0) is 37.3 Å². The van der Waals surface area contributed by atoms with Gasteiger partial charge in [-0.3, -0.25) is 4.79 Å². The molecule has 0 saturated carbocycles. The predicted octanol–water partition coefficient (Wildman–Crippen LogP) is 3.53. The number of nitrogens with one attached hydrogen (secondary N) is 1. The summed E-state index contributed by atoms with van der Waals surface area (Å²) >= 11 is 4.42. The normalized spacial score (nSPS) is 10.2. The zero-order chi connectivity index (χ0) is 15.4. The molecule has 0 aliphatic rings. The van der Waals surface area contributed by atoms with Gasteiger partial charge in [0.25, 0.3) is 5.91 Å². The number of carbonyl (C=O) groups is 2. The number of ether oxygens (including phenoxy) is 1. The van der Waals surface area contributed by atoms with Crippen LogP contribution >= 0.6 is 27.3 Å². The van der Waals surface area contributed by atoms with Gasteiger partial charge in [0, 0.05) is 15.0 Å². The second kappa shape index (κ2) is 6.73. The predicted molar refractivity (Wildman–Crippen MR) is 84.3 cm³/mol. The molecule has 1 amide bonds. The first kappa shape index (κ1) is 15.5. The summed E-state index contributed by atoms with van der Waals surface area (Å²) in [6.07, 6.45) is 0. The molecule has 21 heavy (non-hydrogen) atoms. The third-order valence-electron chi connectivity index (χ3n) is 2.50. The van der Waals surface area contributed by atoms with Gasteiger partial charge in [-0.25, -0.2) is 4.79 Å². The van der Waals surface area contributed by atoms with Gasteiger partial charge < -0.3 is 15.2 Å². The van der Waals surface area contributed by atoms with E-state index in [-0.39, 0.29) is 23.1 Å². The number of amides is 1. The van der Waals surface area contributed by atoms with Crippen molar-refractivity contribution in [3.63, 3.8) is 0 Å². The highest BCUT2D eigenvalue weighted by atomic mass is 79.9. The van der Waals surface area contributed by atoms with E-state index in [1.807, 2.05) is 0 Å². The molecular formula is C14H12BrNO4S. The fourth-order valence-electron chi connectivity index (χ4n) is 1.62. The molecule has 0 fully saturated rings. The van der Waals surface area contributed by atoms with Gasteiger partial charge in [0.05, 0.1) is 0 Å². The van der Waals surface area contributed by atoms with E-state index in [9.17, 15) is 9.59 Å². The Morgan fingerprint density at radius 3 is 2.62 bits per heavy atom. The molecule has 7 heteroatoms. The Labute approximate surface area is 133 Å². The molecule has 2 aromatic rings. The summed E-state index contributed by atoms with van der Waals surface area (Å²) in [7, 11) is 0. The van der Waals surface area contributed by atoms with E-state index in [2.05, 4.69) is 21.2 Å². The van der Waals surface area contributed by atoms with E-state index in [1.165, 1.54) is 0 Å². The second-order valence-corrected chi connectivity index (χ2v) is 6.37. The molecule has 0 aliphatic heterocycles. The van der Waals surface area contributed by atoms with Gasteiger partial charge in [-0.15, -0.1) is 11.3 Å². The van der Waals surface area contributed by atoms with Crippen LogP contribution in [0.5, 0.6) is 5.75 Å². The quantitative estimate of drug-likeness (QED) is 0.844. The number of benzene rings is 1. The third-order valence-corrected chi connectivity index (χ3v) is 4.05. The molecule has 2 rings (SSSR count). The molecule has 1 heterocycles. The SMILES string of the molecule is Cc1cc(OCC(=O)Nc2ccc(Br)cc2)c(C(=O)O)s1. The first-order valence-corrected chi connectivity index (χ1v) is 7.58. The minimum atomic E-state index is -1.06. The summed E-state index contributed by atoms with van der Waals surface area (Å²) in [4.78, 5) is 23.7. The lowest BCUT2D eigenvalue weighted by molar-refractivity contribution is -0.118. The number of hydrogen-bond donors (Lipinski definition) is 2. The number of anilines is 1. The summed E-state index contributed by atoms with van der Waals surface area (Å²) < 4.78 is 6.20. The van der Waals surface area contributed by atoms with E-state index >= 15 is 0 Å². The summed E-state index contributed by atoms with van der Waals surface area (Å²) in [6, 6.07) is 8.72. The van der Waals surface area contributed by atoms with Crippen molar-refractivity contribution in [2.24, 2.45) is 0 Å². The third kappa shape index (κ3) is 4.30. The van der Waals surface area contributed by atoms with Crippen molar-refractivity contribution in [1.29, 1.82) is 0 Å². The number of halogens is 1. The Hall–Kier alpha value is -1.86. The van der Waals surface area contributed by atoms with Gasteiger partial charge in [-0.2, -0.15) is 0 Å². The first-order valence-electron chi connectivity index (χ1n) is 5.97. The molecule has 2 N–H and O–H groups in total. The lowest BCUT2D eigenvalue weighted by atomic mass is 10.3. The lowest BCUT2D eigenvalue weighted by Gasteiger charge is -2.07. The number of carboxylic acids is 1. The maximum absolute atomic E-state index is 11.8. The van der Waals surface area contributed by atoms with Crippen molar-refractivity contribution >= 4 is 44.8 Å². The largest absolute Gasteiger partial charge is 0.482 e. The molecule has 5 nitrogen and oxygen atoms in total. The fraction of sp³-hybridized carbons (Fsp3) is 0.143. The molecule has 1 aromatic heterocycles. The Kier molecular flexibility index (Phi) is 4.98. The average molecular weight is 370 g/mol. The number of aromatic carboxylic acids is 1. The molecule has 0 saturated heterocycles. The second-order valence-electron chi connectivity index (χ2n) is 4.20. The summed E-state index contributed by atoms with van der Waals surface area (Å²) in [5.41, 5.74) is 0.645. The zero-order valence-electron chi connectivity index (χ0n) is 11.1. The molecule has 110 valence electrons. The minimum absolute atomic E-state index is 0.101. The van der Waals surface area contributed by atoms with Crippen LogP contribution in [-0.4, -0.2) is 23.6 Å². The highest BCUT2D eigenvalue weighted by Gasteiger charge is 2.16. The Morgan fingerprint density at radius 2 is 2.00 bits per heavy atom. The standard InChI is InChI=1S/C14H12BrNO4S/c1-8-6-11(13(21-8)14(18)19)20-7-12(17)16-10-4-2-9(15)3-5-10/h2-6H,7H2,1H3,(H,16,17)(H,18,19). The van der Waals surface area contributed by atoms with Gasteiger partial charge in [0.1, 0.15) is 5.75 Å². The van der Waals surface area contributed by atoms with Crippen LogP contribution < -0.4 is 10.1 Å². The van der Waals surface area contributed by atoms with E-state index in [4.69, 9.17) is 9.84 Å². The molecule has 0 radical (unpaired) electrons. The van der Waals surface area contributed by atoms with Gasteiger partial charge in [0.15, 0.2) is 11.5 Å². The van der Waals surface area contributed by atoms with Gasteiger partial charge in [0.2, 0.25) is 0 Å². The molecule has 1 aromatic carbocycles. The number of aryl methyl sites for hydroxylation is 1. The van der Waals surface area contributed by atoms with Crippen LogP contribution in [0, 0.1) is 6.92 Å². The Balaban J connectivity index is 1.95. The van der Waals surface area contributed by atoms with Crippen molar-refractivity contribution in [1.82, 2.24) is 0 Å². The summed E-state index contributed by atoms with van der Waals surface area (Å²) in [6.45, 7) is 1.54. The number of hydrogen-bond acceptors (Lipinski definition) is 4. The number of carbonyl (C=O) groups excluding carboxylic acids is 1. The first-order chi connectivity index (χ1) is 9.95. The van der Waals surface area contributed by atoms with Crippen molar-refractivity contribution in [3.05, 3.63) is 44.6 Å². The van der Waals surface area contributed by atoms with Crippen LogP contribution in [0.4, 0.5) is 5.69 Å². The van der Waals surface area contributed by atoms with E-state index in [0.29, 0.717) is 5.69 Å². The van der Waals surface area contributed by atoms with Crippen molar-refractivity contribution in [2.75, 3.05) is 11.9 Å². The molecule has 0 bridgehead atoms. The molecule has 0 aliphatic carbocycles. The summed E-state index contributed by atoms with van der Waals surface area (Å²) in [5, 5.41) is 11.7. The minimum Gasteiger partial charge on any atom is -0.482 e. The Bertz CT molecular complexity index is 666. The lowest BCUT2D eigenvalue weighted by Crippen LogP contribution is -2.20. The van der Waals surface area contributed by atoms with E-state index in [0.717, 1.165) is 20.7 Å². The average Bonchev–Trinajstić information content (AvgIpc) is 2.80. The molecule has 0 atom stereocenters. The van der Waals surface area contributed by atoms with Crippen LogP contribution in [0.2, 0.25) is 0 Å². The molecule has 0 spiro atoms. The summed E-state index contributed by atoms with van der Waals surface area (Å²) in [5.74, 6) is -1.19. The zero-order valence-corrected chi connectivity index (χ0v) is 13.5. The van der Waals surface area contributed by atoms with Crippen molar-refractivity contribution < 1.29 is 19.4 Å². The molecule has 0 unspecified atom stereocenters. The number of rotatable bonds is 5. The Morgan fingerprint density at radius 1 is 1.33 bits per heavy atom. The van der Waals surface area contributed by atoms with E-state index in [1.54, 1.807) is 37.3 Å². The van der Waals surface area contributed by atoms with Crippen LogP contribution in [0.15, 0.2) is 34.8 Å². The van der Waals surface area contributed by atoms with Crippen LogP contribution in [-0.2, 0) is 4.79 Å². The topological polar surface area (TPSA) is 75.6 Å². The molecular weight excluding hydrogens is 358 g/mol.